The molecule has 27 heavy (non-hydrogen) atoms. The minimum atomic E-state index is 0.359. The Bertz CT molecular complexity index is 1360. The Morgan fingerprint density at radius 3 is 2.11 bits per heavy atom. The summed E-state index contributed by atoms with van der Waals surface area (Å²) in [6.07, 6.45) is 0. The average Bonchev–Trinajstić information content (AvgIpc) is 2.73. The Kier molecular flexibility index (Phi) is 2.93. The molecule has 1 heteroatoms. The van der Waals surface area contributed by atoms with E-state index in [2.05, 4.69) is 97.2 Å². The average molecular weight is 345 g/mol. The second kappa shape index (κ2) is 5.34. The largest absolute Gasteiger partial charge is 0.355 e. The summed E-state index contributed by atoms with van der Waals surface area (Å²) in [6.45, 7) is 2.33. The van der Waals surface area contributed by atoms with E-state index >= 15 is 0 Å². The van der Waals surface area contributed by atoms with Crippen molar-refractivity contribution in [1.29, 1.82) is 0 Å². The summed E-state index contributed by atoms with van der Waals surface area (Å²) in [7, 11) is 0. The van der Waals surface area contributed by atoms with Crippen molar-refractivity contribution in [2.45, 2.75) is 12.8 Å². The zero-order valence-corrected chi connectivity index (χ0v) is 15.2. The fourth-order valence-corrected chi connectivity index (χ4v) is 4.77. The van der Waals surface area contributed by atoms with Crippen molar-refractivity contribution in [2.24, 2.45) is 0 Å². The lowest BCUT2D eigenvalue weighted by atomic mass is 9.82. The summed E-state index contributed by atoms with van der Waals surface area (Å²) in [5.41, 5.74) is 5.27. The zero-order valence-electron chi connectivity index (χ0n) is 15.2. The van der Waals surface area contributed by atoms with Crippen LogP contribution >= 0.6 is 0 Å². The molecule has 1 aliphatic heterocycles. The van der Waals surface area contributed by atoms with Crippen molar-refractivity contribution in [3.8, 4) is 0 Å². The summed E-state index contributed by atoms with van der Waals surface area (Å²) in [6, 6.07) is 30.9. The van der Waals surface area contributed by atoms with Crippen LogP contribution in [0.5, 0.6) is 0 Å². The van der Waals surface area contributed by atoms with Crippen molar-refractivity contribution in [3.63, 3.8) is 0 Å². The Hall–Kier alpha value is -3.32. The predicted octanol–water partition coefficient (Wildman–Crippen LogP) is 7.36. The van der Waals surface area contributed by atoms with Crippen LogP contribution in [-0.4, -0.2) is 0 Å². The normalized spacial score (nSPS) is 15.5. The molecular weight excluding hydrogens is 326 g/mol. The third kappa shape index (κ3) is 2.00. The quantitative estimate of drug-likeness (QED) is 0.289. The van der Waals surface area contributed by atoms with Crippen LogP contribution < -0.4 is 5.32 Å². The third-order valence-corrected chi connectivity index (χ3v) is 6.09. The first-order valence-corrected chi connectivity index (χ1v) is 9.54. The molecule has 1 aliphatic rings. The van der Waals surface area contributed by atoms with Crippen LogP contribution in [-0.2, 0) is 0 Å². The summed E-state index contributed by atoms with van der Waals surface area (Å²) >= 11 is 0. The summed E-state index contributed by atoms with van der Waals surface area (Å²) in [5.74, 6) is 0.359. The van der Waals surface area contributed by atoms with Crippen LogP contribution in [0, 0.1) is 0 Å². The molecule has 1 heterocycles. The third-order valence-electron chi connectivity index (χ3n) is 6.09. The maximum absolute atomic E-state index is 3.77. The molecule has 0 bridgehead atoms. The molecule has 6 rings (SSSR count). The predicted molar refractivity (Wildman–Crippen MR) is 116 cm³/mol. The van der Waals surface area contributed by atoms with E-state index in [0.717, 1.165) is 0 Å². The maximum atomic E-state index is 3.77. The molecule has 0 aromatic heterocycles. The van der Waals surface area contributed by atoms with Crippen LogP contribution in [0.3, 0.4) is 0 Å². The molecule has 1 nitrogen and oxygen atoms in total. The highest BCUT2D eigenvalue weighted by Gasteiger charge is 2.25. The van der Waals surface area contributed by atoms with Crippen molar-refractivity contribution < 1.29 is 0 Å². The smallest absolute Gasteiger partial charge is 0.0502 e. The van der Waals surface area contributed by atoms with Gasteiger partial charge in [0.1, 0.15) is 0 Å². The van der Waals surface area contributed by atoms with Crippen LogP contribution in [0.1, 0.15) is 24.0 Å². The van der Waals surface area contributed by atoms with E-state index in [9.17, 15) is 0 Å². The SMILES string of the molecule is CC1c2ccc3c(ccc4ccccc43)c2Nc2ccc3ccccc3c21. The number of anilines is 2. The first-order valence-electron chi connectivity index (χ1n) is 9.54. The van der Waals surface area contributed by atoms with Crippen LogP contribution in [0.4, 0.5) is 11.4 Å². The van der Waals surface area contributed by atoms with Gasteiger partial charge in [-0.15, -0.1) is 0 Å². The molecule has 128 valence electrons. The number of hydrogen-bond donors (Lipinski definition) is 1. The molecule has 0 saturated heterocycles. The Morgan fingerprint density at radius 2 is 1.26 bits per heavy atom. The molecule has 0 saturated carbocycles. The van der Waals surface area contributed by atoms with Gasteiger partial charge in [0, 0.05) is 17.0 Å². The van der Waals surface area contributed by atoms with Gasteiger partial charge in [-0.05, 0) is 44.1 Å². The van der Waals surface area contributed by atoms with E-state index in [0.29, 0.717) is 5.92 Å². The van der Waals surface area contributed by atoms with Crippen LogP contribution in [0.25, 0.3) is 32.3 Å². The fourth-order valence-electron chi connectivity index (χ4n) is 4.77. The molecule has 1 N–H and O–H groups in total. The van der Waals surface area contributed by atoms with Crippen LogP contribution in [0.15, 0.2) is 84.9 Å². The molecule has 5 aromatic rings. The van der Waals surface area contributed by atoms with Gasteiger partial charge in [-0.1, -0.05) is 85.8 Å². The first kappa shape index (κ1) is 14.8. The van der Waals surface area contributed by atoms with Gasteiger partial charge in [-0.2, -0.15) is 0 Å². The van der Waals surface area contributed by atoms with E-state index in [-0.39, 0.29) is 0 Å². The molecule has 0 amide bonds. The lowest BCUT2D eigenvalue weighted by Gasteiger charge is -2.29. The highest BCUT2D eigenvalue weighted by Crippen LogP contribution is 2.47. The lowest BCUT2D eigenvalue weighted by molar-refractivity contribution is 0.926. The van der Waals surface area contributed by atoms with Crippen molar-refractivity contribution >= 4 is 43.7 Å². The van der Waals surface area contributed by atoms with E-state index in [1.54, 1.807) is 0 Å². The number of rotatable bonds is 0. The molecule has 0 aliphatic carbocycles. The van der Waals surface area contributed by atoms with Gasteiger partial charge in [-0.3, -0.25) is 0 Å². The molecule has 1 unspecified atom stereocenters. The van der Waals surface area contributed by atoms with Crippen LogP contribution in [0.2, 0.25) is 0 Å². The van der Waals surface area contributed by atoms with Gasteiger partial charge in [0.2, 0.25) is 0 Å². The Labute approximate surface area is 158 Å². The van der Waals surface area contributed by atoms with E-state index in [4.69, 9.17) is 0 Å². The monoisotopic (exact) mass is 345 g/mol. The minimum Gasteiger partial charge on any atom is -0.355 e. The maximum Gasteiger partial charge on any atom is 0.0502 e. The van der Waals surface area contributed by atoms with Crippen molar-refractivity contribution in [1.82, 2.24) is 0 Å². The second-order valence-corrected chi connectivity index (χ2v) is 7.51. The molecule has 5 aromatic carbocycles. The number of hydrogen-bond acceptors (Lipinski definition) is 1. The molecule has 0 radical (unpaired) electrons. The van der Waals surface area contributed by atoms with Gasteiger partial charge in [0.15, 0.2) is 0 Å². The lowest BCUT2D eigenvalue weighted by Crippen LogP contribution is -2.11. The summed E-state index contributed by atoms with van der Waals surface area (Å²) in [4.78, 5) is 0. The van der Waals surface area contributed by atoms with Gasteiger partial charge < -0.3 is 5.32 Å². The van der Waals surface area contributed by atoms with Gasteiger partial charge in [-0.25, -0.2) is 0 Å². The number of benzene rings is 5. The Balaban J connectivity index is 1.66. The van der Waals surface area contributed by atoms with Crippen molar-refractivity contribution in [2.75, 3.05) is 5.32 Å². The molecule has 0 spiro atoms. The molecular formula is C26H19N. The van der Waals surface area contributed by atoms with E-state index in [1.165, 1.54) is 54.8 Å². The van der Waals surface area contributed by atoms with E-state index in [1.807, 2.05) is 0 Å². The van der Waals surface area contributed by atoms with Crippen molar-refractivity contribution in [3.05, 3.63) is 96.1 Å². The van der Waals surface area contributed by atoms with Gasteiger partial charge in [0.25, 0.3) is 0 Å². The Morgan fingerprint density at radius 1 is 0.593 bits per heavy atom. The minimum absolute atomic E-state index is 0.359. The molecule has 0 fully saturated rings. The van der Waals surface area contributed by atoms with Gasteiger partial charge in [0.05, 0.1) is 5.69 Å². The summed E-state index contributed by atoms with van der Waals surface area (Å²) in [5, 5.41) is 11.6. The topological polar surface area (TPSA) is 12.0 Å². The standard InChI is InChI=1S/C26H19N/c1-16-19-13-14-22-20-8-4-2-6-17(20)10-12-23(22)26(19)27-24-15-11-18-7-3-5-9-21(18)25(16)24/h2-16,27H,1H3. The number of nitrogens with one attached hydrogen (secondary N) is 1. The summed E-state index contributed by atoms with van der Waals surface area (Å²) < 4.78 is 0. The number of fused-ring (bicyclic) bond motifs is 8. The van der Waals surface area contributed by atoms with Gasteiger partial charge >= 0.3 is 0 Å². The first-order chi connectivity index (χ1) is 13.3. The van der Waals surface area contributed by atoms with E-state index < -0.39 is 0 Å². The molecule has 1 atom stereocenters. The fraction of sp³-hybridized carbons (Fsp3) is 0.0769. The highest BCUT2D eigenvalue weighted by atomic mass is 14.9. The highest BCUT2D eigenvalue weighted by molar-refractivity contribution is 6.13. The zero-order chi connectivity index (χ0) is 18.0. The second-order valence-electron chi connectivity index (χ2n) is 7.51.